The number of aromatic amines is 1. The number of nitrogens with zero attached hydrogens (tertiary/aromatic N) is 3. The second-order valence-corrected chi connectivity index (χ2v) is 5.46. The first-order valence-electron chi connectivity index (χ1n) is 6.21. The molecule has 0 saturated heterocycles. The molecule has 0 amide bonds. The first kappa shape index (κ1) is 13.6. The number of hydrogen-bond donors (Lipinski definition) is 2. The monoisotopic (exact) mass is 345 g/mol. The predicted molar refractivity (Wildman–Crippen MR) is 84.6 cm³/mol. The van der Waals surface area contributed by atoms with Gasteiger partial charge in [0.25, 0.3) is 5.56 Å². The van der Waals surface area contributed by atoms with E-state index in [1.807, 2.05) is 24.3 Å². The van der Waals surface area contributed by atoms with Crippen LogP contribution in [0.5, 0.6) is 0 Å². The minimum atomic E-state index is -0.257. The SMILES string of the molecule is Cn1nc(-c2ccc(=O)[nH]n2)c(-c2ccc(Br)cc2)c1N. The van der Waals surface area contributed by atoms with Crippen molar-refractivity contribution in [2.75, 3.05) is 5.73 Å². The first-order valence-corrected chi connectivity index (χ1v) is 7.00. The number of anilines is 1. The zero-order valence-corrected chi connectivity index (χ0v) is 12.8. The van der Waals surface area contributed by atoms with E-state index in [1.165, 1.54) is 6.07 Å². The molecule has 2 heterocycles. The van der Waals surface area contributed by atoms with Crippen LogP contribution < -0.4 is 11.3 Å². The highest BCUT2D eigenvalue weighted by Gasteiger charge is 2.18. The maximum Gasteiger partial charge on any atom is 0.264 e. The molecule has 106 valence electrons. The van der Waals surface area contributed by atoms with Crippen molar-refractivity contribution in [2.24, 2.45) is 7.05 Å². The molecule has 2 aromatic heterocycles. The van der Waals surface area contributed by atoms with Gasteiger partial charge in [0.15, 0.2) is 0 Å². The molecule has 0 saturated carbocycles. The number of aryl methyl sites for hydroxylation is 1. The van der Waals surface area contributed by atoms with Crippen LogP contribution in [-0.4, -0.2) is 20.0 Å². The summed E-state index contributed by atoms with van der Waals surface area (Å²) in [5.74, 6) is 0.542. The fraction of sp³-hybridized carbons (Fsp3) is 0.0714. The van der Waals surface area contributed by atoms with Crippen molar-refractivity contribution in [3.63, 3.8) is 0 Å². The van der Waals surface area contributed by atoms with Gasteiger partial charge in [-0.05, 0) is 23.8 Å². The first-order chi connectivity index (χ1) is 10.1. The van der Waals surface area contributed by atoms with Gasteiger partial charge in [-0.1, -0.05) is 28.1 Å². The van der Waals surface area contributed by atoms with E-state index < -0.39 is 0 Å². The van der Waals surface area contributed by atoms with E-state index in [2.05, 4.69) is 31.2 Å². The lowest BCUT2D eigenvalue weighted by atomic mass is 10.0. The van der Waals surface area contributed by atoms with E-state index in [9.17, 15) is 4.79 Å². The van der Waals surface area contributed by atoms with Crippen molar-refractivity contribution in [1.82, 2.24) is 20.0 Å². The Morgan fingerprint density at radius 2 is 1.90 bits per heavy atom. The predicted octanol–water partition coefficient (Wildman–Crippen LogP) is 2.18. The molecule has 0 atom stereocenters. The molecule has 7 heteroatoms. The Morgan fingerprint density at radius 1 is 1.19 bits per heavy atom. The Kier molecular flexibility index (Phi) is 3.34. The van der Waals surface area contributed by atoms with Gasteiger partial charge in [-0.25, -0.2) is 5.10 Å². The summed E-state index contributed by atoms with van der Waals surface area (Å²) in [7, 11) is 1.77. The number of rotatable bonds is 2. The lowest BCUT2D eigenvalue weighted by molar-refractivity contribution is 0.780. The number of hydrogen-bond acceptors (Lipinski definition) is 4. The Bertz CT molecular complexity index is 830. The zero-order valence-electron chi connectivity index (χ0n) is 11.2. The van der Waals surface area contributed by atoms with Crippen LogP contribution in [0.1, 0.15) is 0 Å². The third kappa shape index (κ3) is 2.47. The minimum absolute atomic E-state index is 0.257. The molecule has 0 bridgehead atoms. The largest absolute Gasteiger partial charge is 0.383 e. The van der Waals surface area contributed by atoms with Crippen LogP contribution in [0.4, 0.5) is 5.82 Å². The molecule has 3 rings (SSSR count). The van der Waals surface area contributed by atoms with E-state index >= 15 is 0 Å². The molecule has 3 N–H and O–H groups in total. The zero-order chi connectivity index (χ0) is 15.0. The van der Waals surface area contributed by atoms with Gasteiger partial charge in [-0.15, -0.1) is 0 Å². The van der Waals surface area contributed by atoms with Crippen molar-refractivity contribution < 1.29 is 0 Å². The molecule has 0 aliphatic rings. The lowest BCUT2D eigenvalue weighted by Crippen LogP contribution is -2.06. The summed E-state index contributed by atoms with van der Waals surface area (Å²) in [5, 5.41) is 10.8. The summed E-state index contributed by atoms with van der Waals surface area (Å²) in [6, 6.07) is 10.8. The molecule has 0 fully saturated rings. The van der Waals surface area contributed by atoms with Gasteiger partial charge in [0.05, 0.1) is 5.56 Å². The van der Waals surface area contributed by atoms with Gasteiger partial charge in [0.2, 0.25) is 0 Å². The summed E-state index contributed by atoms with van der Waals surface area (Å²) in [6.07, 6.45) is 0. The Hall–Kier alpha value is -2.41. The van der Waals surface area contributed by atoms with Crippen LogP contribution in [0.2, 0.25) is 0 Å². The lowest BCUT2D eigenvalue weighted by Gasteiger charge is -2.04. The second kappa shape index (κ2) is 5.17. The Balaban J connectivity index is 2.22. The molecule has 21 heavy (non-hydrogen) atoms. The van der Waals surface area contributed by atoms with Crippen LogP contribution in [0.15, 0.2) is 45.7 Å². The van der Waals surface area contributed by atoms with E-state index in [0.29, 0.717) is 17.2 Å². The third-order valence-electron chi connectivity index (χ3n) is 3.15. The molecule has 0 unspecified atom stereocenters. The van der Waals surface area contributed by atoms with E-state index in [0.717, 1.165) is 15.6 Å². The van der Waals surface area contributed by atoms with Crippen LogP contribution in [0.25, 0.3) is 22.5 Å². The van der Waals surface area contributed by atoms with Crippen molar-refractivity contribution >= 4 is 21.7 Å². The van der Waals surface area contributed by atoms with Crippen LogP contribution in [0.3, 0.4) is 0 Å². The van der Waals surface area contributed by atoms with E-state index in [4.69, 9.17) is 5.73 Å². The number of halogens is 1. The number of benzene rings is 1. The molecule has 1 aromatic carbocycles. The van der Waals surface area contributed by atoms with Crippen molar-refractivity contribution in [1.29, 1.82) is 0 Å². The summed E-state index contributed by atoms with van der Waals surface area (Å²) in [4.78, 5) is 11.1. The van der Waals surface area contributed by atoms with Gasteiger partial charge in [-0.2, -0.15) is 10.2 Å². The summed E-state index contributed by atoms with van der Waals surface area (Å²) in [5.41, 5.74) is 8.81. The van der Waals surface area contributed by atoms with Crippen molar-refractivity contribution in [3.8, 4) is 22.5 Å². The highest BCUT2D eigenvalue weighted by Crippen LogP contribution is 2.35. The molecular formula is C14H12BrN5O. The highest BCUT2D eigenvalue weighted by molar-refractivity contribution is 9.10. The number of nitrogens with one attached hydrogen (secondary N) is 1. The number of H-pyrrole nitrogens is 1. The normalized spacial score (nSPS) is 10.8. The minimum Gasteiger partial charge on any atom is -0.383 e. The molecule has 0 aliphatic carbocycles. The second-order valence-electron chi connectivity index (χ2n) is 4.55. The molecule has 0 aliphatic heterocycles. The summed E-state index contributed by atoms with van der Waals surface area (Å²) < 4.78 is 2.58. The molecule has 6 nitrogen and oxygen atoms in total. The number of aromatic nitrogens is 4. The maximum absolute atomic E-state index is 11.1. The topological polar surface area (TPSA) is 89.6 Å². The van der Waals surface area contributed by atoms with E-state index in [1.54, 1.807) is 17.8 Å². The van der Waals surface area contributed by atoms with Crippen LogP contribution in [0, 0.1) is 0 Å². The standard InChI is InChI=1S/C14H12BrN5O/c1-20-14(16)12(8-2-4-9(15)5-3-8)13(19-20)10-6-7-11(21)18-17-10/h2-7H,16H2,1H3,(H,18,21). The van der Waals surface area contributed by atoms with Crippen LogP contribution >= 0.6 is 15.9 Å². The average Bonchev–Trinajstić information content (AvgIpc) is 2.77. The molecule has 3 aromatic rings. The van der Waals surface area contributed by atoms with Crippen molar-refractivity contribution in [3.05, 3.63) is 51.2 Å². The van der Waals surface area contributed by atoms with E-state index in [-0.39, 0.29) is 5.56 Å². The Morgan fingerprint density at radius 3 is 2.52 bits per heavy atom. The fourth-order valence-electron chi connectivity index (χ4n) is 2.09. The smallest absolute Gasteiger partial charge is 0.264 e. The number of nitrogen functional groups attached to an aromatic ring is 1. The average molecular weight is 346 g/mol. The molecule has 0 radical (unpaired) electrons. The van der Waals surface area contributed by atoms with Gasteiger partial charge >= 0.3 is 0 Å². The third-order valence-corrected chi connectivity index (χ3v) is 3.67. The van der Waals surface area contributed by atoms with Crippen molar-refractivity contribution in [2.45, 2.75) is 0 Å². The van der Waals surface area contributed by atoms with Crippen LogP contribution in [-0.2, 0) is 7.05 Å². The van der Waals surface area contributed by atoms with Gasteiger partial charge in [0, 0.05) is 17.6 Å². The summed E-state index contributed by atoms with van der Waals surface area (Å²) >= 11 is 3.41. The summed E-state index contributed by atoms with van der Waals surface area (Å²) in [6.45, 7) is 0. The van der Waals surface area contributed by atoms with Gasteiger partial charge < -0.3 is 5.73 Å². The Labute approximate surface area is 128 Å². The van der Waals surface area contributed by atoms with Gasteiger partial charge in [0.1, 0.15) is 17.2 Å². The molecule has 0 spiro atoms. The fourth-order valence-corrected chi connectivity index (χ4v) is 2.36. The maximum atomic E-state index is 11.1. The highest BCUT2D eigenvalue weighted by atomic mass is 79.9. The van der Waals surface area contributed by atoms with Gasteiger partial charge in [-0.3, -0.25) is 9.48 Å². The quantitative estimate of drug-likeness (QED) is 0.744. The molecular weight excluding hydrogens is 334 g/mol. The number of nitrogens with two attached hydrogens (primary N) is 1.